The van der Waals surface area contributed by atoms with Crippen LogP contribution < -0.4 is 10.6 Å². The van der Waals surface area contributed by atoms with Crippen molar-refractivity contribution in [2.24, 2.45) is 5.92 Å². The quantitative estimate of drug-likeness (QED) is 0.892. The van der Waals surface area contributed by atoms with Crippen LogP contribution >= 0.6 is 0 Å². The van der Waals surface area contributed by atoms with Gasteiger partial charge in [-0.1, -0.05) is 12.1 Å². The Balaban J connectivity index is 1.58. The first-order chi connectivity index (χ1) is 10.3. The standard InChI is InChI=1S/C17H25N3O/c21-17(15-6-8-18-9-7-15)19-16-5-3-4-14(12-16)13-20-10-1-2-11-20/h3-5,12,15,18H,1-2,6-11,13H2,(H,19,21). The number of amides is 1. The molecule has 2 heterocycles. The number of rotatable bonds is 4. The molecule has 0 radical (unpaired) electrons. The van der Waals surface area contributed by atoms with Gasteiger partial charge in [0.15, 0.2) is 0 Å². The van der Waals surface area contributed by atoms with Crippen molar-refractivity contribution in [1.29, 1.82) is 0 Å². The van der Waals surface area contributed by atoms with E-state index in [1.165, 1.54) is 31.5 Å². The molecule has 1 aromatic carbocycles. The predicted octanol–water partition coefficient (Wildman–Crippen LogP) is 2.22. The van der Waals surface area contributed by atoms with E-state index in [1.54, 1.807) is 0 Å². The van der Waals surface area contributed by atoms with Crippen molar-refractivity contribution < 1.29 is 4.79 Å². The summed E-state index contributed by atoms with van der Waals surface area (Å²) in [6.45, 7) is 5.30. The minimum absolute atomic E-state index is 0.161. The van der Waals surface area contributed by atoms with Gasteiger partial charge in [-0.3, -0.25) is 9.69 Å². The van der Waals surface area contributed by atoms with Crippen molar-refractivity contribution in [3.63, 3.8) is 0 Å². The second kappa shape index (κ2) is 7.05. The fourth-order valence-corrected chi connectivity index (χ4v) is 3.27. The number of carbonyl (C=O) groups is 1. The van der Waals surface area contributed by atoms with Crippen LogP contribution in [-0.4, -0.2) is 37.0 Å². The lowest BCUT2D eigenvalue weighted by molar-refractivity contribution is -0.120. The number of hydrogen-bond acceptors (Lipinski definition) is 3. The Morgan fingerprint density at radius 2 is 2.00 bits per heavy atom. The van der Waals surface area contributed by atoms with Gasteiger partial charge in [-0.2, -0.15) is 0 Å². The lowest BCUT2D eigenvalue weighted by atomic mass is 9.97. The van der Waals surface area contributed by atoms with Crippen LogP contribution in [0.3, 0.4) is 0 Å². The third kappa shape index (κ3) is 4.05. The van der Waals surface area contributed by atoms with E-state index in [1.807, 2.05) is 12.1 Å². The summed E-state index contributed by atoms with van der Waals surface area (Å²) < 4.78 is 0. The minimum atomic E-state index is 0.161. The molecular weight excluding hydrogens is 262 g/mol. The lowest BCUT2D eigenvalue weighted by Gasteiger charge is -2.22. The number of benzene rings is 1. The summed E-state index contributed by atoms with van der Waals surface area (Å²) in [6.07, 6.45) is 4.51. The third-order valence-electron chi connectivity index (χ3n) is 4.51. The molecule has 4 nitrogen and oxygen atoms in total. The molecule has 4 heteroatoms. The molecule has 0 atom stereocenters. The van der Waals surface area contributed by atoms with Gasteiger partial charge < -0.3 is 10.6 Å². The van der Waals surface area contributed by atoms with Crippen molar-refractivity contribution in [3.05, 3.63) is 29.8 Å². The fourth-order valence-electron chi connectivity index (χ4n) is 3.27. The Hall–Kier alpha value is -1.39. The second-order valence-corrected chi connectivity index (χ2v) is 6.20. The smallest absolute Gasteiger partial charge is 0.227 e. The molecule has 114 valence electrons. The van der Waals surface area contributed by atoms with Crippen LogP contribution in [-0.2, 0) is 11.3 Å². The SMILES string of the molecule is O=C(Nc1cccc(CN2CCCC2)c1)C1CCNCC1. The normalized spacial score (nSPS) is 20.6. The van der Waals surface area contributed by atoms with Gasteiger partial charge in [0.1, 0.15) is 0 Å². The van der Waals surface area contributed by atoms with Crippen LogP contribution in [0.1, 0.15) is 31.2 Å². The number of piperidine rings is 1. The number of hydrogen-bond donors (Lipinski definition) is 2. The topological polar surface area (TPSA) is 44.4 Å². The Morgan fingerprint density at radius 3 is 2.76 bits per heavy atom. The summed E-state index contributed by atoms with van der Waals surface area (Å²) >= 11 is 0. The molecule has 2 saturated heterocycles. The zero-order chi connectivity index (χ0) is 14.5. The molecule has 0 aromatic heterocycles. The van der Waals surface area contributed by atoms with Crippen LogP contribution in [0.5, 0.6) is 0 Å². The first-order valence-electron chi connectivity index (χ1n) is 8.14. The molecule has 0 bridgehead atoms. The highest BCUT2D eigenvalue weighted by Crippen LogP contribution is 2.18. The number of nitrogens with one attached hydrogen (secondary N) is 2. The van der Waals surface area contributed by atoms with Crippen molar-refractivity contribution in [3.8, 4) is 0 Å². The molecule has 2 N–H and O–H groups in total. The van der Waals surface area contributed by atoms with E-state index in [9.17, 15) is 4.79 Å². The maximum Gasteiger partial charge on any atom is 0.227 e. The summed E-state index contributed by atoms with van der Waals surface area (Å²) in [6, 6.07) is 8.31. The Labute approximate surface area is 126 Å². The molecule has 3 rings (SSSR count). The van der Waals surface area contributed by atoms with Gasteiger partial charge in [0.05, 0.1) is 0 Å². The zero-order valence-corrected chi connectivity index (χ0v) is 12.6. The highest BCUT2D eigenvalue weighted by Gasteiger charge is 2.21. The van der Waals surface area contributed by atoms with E-state index >= 15 is 0 Å². The fraction of sp³-hybridized carbons (Fsp3) is 0.588. The Bertz CT molecular complexity index is 477. The van der Waals surface area contributed by atoms with E-state index in [0.29, 0.717) is 0 Å². The molecule has 2 aliphatic rings. The van der Waals surface area contributed by atoms with Gasteiger partial charge in [0.2, 0.25) is 5.91 Å². The van der Waals surface area contributed by atoms with Gasteiger partial charge in [-0.15, -0.1) is 0 Å². The molecule has 1 amide bonds. The summed E-state index contributed by atoms with van der Waals surface area (Å²) in [5, 5.41) is 6.39. The average Bonchev–Trinajstić information content (AvgIpc) is 3.01. The van der Waals surface area contributed by atoms with Gasteiger partial charge in [0.25, 0.3) is 0 Å². The molecule has 2 fully saturated rings. The first kappa shape index (κ1) is 14.5. The molecule has 0 saturated carbocycles. The summed E-state index contributed by atoms with van der Waals surface area (Å²) in [5.41, 5.74) is 2.23. The van der Waals surface area contributed by atoms with Crippen LogP contribution in [0, 0.1) is 5.92 Å². The monoisotopic (exact) mass is 287 g/mol. The van der Waals surface area contributed by atoms with Gasteiger partial charge in [-0.25, -0.2) is 0 Å². The van der Waals surface area contributed by atoms with E-state index in [2.05, 4.69) is 27.7 Å². The lowest BCUT2D eigenvalue weighted by Crippen LogP contribution is -2.34. The molecular formula is C17H25N3O. The molecule has 0 unspecified atom stereocenters. The van der Waals surface area contributed by atoms with Gasteiger partial charge >= 0.3 is 0 Å². The Kier molecular flexibility index (Phi) is 4.88. The second-order valence-electron chi connectivity index (χ2n) is 6.20. The maximum atomic E-state index is 12.3. The van der Waals surface area contributed by atoms with Crippen LogP contribution in [0.25, 0.3) is 0 Å². The number of likely N-dealkylation sites (tertiary alicyclic amines) is 1. The van der Waals surface area contributed by atoms with Crippen molar-refractivity contribution >= 4 is 11.6 Å². The summed E-state index contributed by atoms with van der Waals surface area (Å²) in [7, 11) is 0. The molecule has 0 spiro atoms. The van der Waals surface area contributed by atoms with Crippen molar-refractivity contribution in [2.45, 2.75) is 32.2 Å². The maximum absolute atomic E-state index is 12.3. The first-order valence-corrected chi connectivity index (χ1v) is 8.14. The van der Waals surface area contributed by atoms with Crippen LogP contribution in [0.2, 0.25) is 0 Å². The molecule has 0 aliphatic carbocycles. The van der Waals surface area contributed by atoms with Crippen LogP contribution in [0.15, 0.2) is 24.3 Å². The highest BCUT2D eigenvalue weighted by molar-refractivity contribution is 5.92. The molecule has 2 aliphatic heterocycles. The Morgan fingerprint density at radius 1 is 1.24 bits per heavy atom. The van der Waals surface area contributed by atoms with E-state index in [4.69, 9.17) is 0 Å². The van der Waals surface area contributed by atoms with Crippen molar-refractivity contribution in [1.82, 2.24) is 10.2 Å². The van der Waals surface area contributed by atoms with Crippen molar-refractivity contribution in [2.75, 3.05) is 31.5 Å². The van der Waals surface area contributed by atoms with E-state index in [-0.39, 0.29) is 11.8 Å². The van der Waals surface area contributed by atoms with E-state index in [0.717, 1.165) is 38.2 Å². The molecule has 21 heavy (non-hydrogen) atoms. The summed E-state index contributed by atoms with van der Waals surface area (Å²) in [4.78, 5) is 14.8. The number of carbonyl (C=O) groups excluding carboxylic acids is 1. The van der Waals surface area contributed by atoms with E-state index < -0.39 is 0 Å². The number of anilines is 1. The highest BCUT2D eigenvalue weighted by atomic mass is 16.1. The summed E-state index contributed by atoms with van der Waals surface area (Å²) in [5.74, 6) is 0.336. The van der Waals surface area contributed by atoms with Gasteiger partial charge in [-0.05, 0) is 69.6 Å². The third-order valence-corrected chi connectivity index (χ3v) is 4.51. The largest absolute Gasteiger partial charge is 0.326 e. The average molecular weight is 287 g/mol. The zero-order valence-electron chi connectivity index (χ0n) is 12.6. The number of nitrogens with zero attached hydrogens (tertiary/aromatic N) is 1. The predicted molar refractivity (Wildman–Crippen MR) is 85.2 cm³/mol. The van der Waals surface area contributed by atoms with Gasteiger partial charge in [0, 0.05) is 18.2 Å². The minimum Gasteiger partial charge on any atom is -0.326 e. The van der Waals surface area contributed by atoms with Crippen LogP contribution in [0.4, 0.5) is 5.69 Å². The molecule has 1 aromatic rings.